The van der Waals surface area contributed by atoms with Crippen LogP contribution in [0.1, 0.15) is 30.6 Å². The highest BCUT2D eigenvalue weighted by Crippen LogP contribution is 2.24. The van der Waals surface area contributed by atoms with Crippen molar-refractivity contribution in [3.05, 3.63) is 40.3 Å². The highest BCUT2D eigenvalue weighted by molar-refractivity contribution is 7.89. The molecular weight excluding hydrogens is 332 g/mol. The number of hydrogen-bond donors (Lipinski definition) is 1. The lowest BCUT2D eigenvalue weighted by Gasteiger charge is -2.33. The predicted molar refractivity (Wildman–Crippen MR) is 91.8 cm³/mol. The maximum absolute atomic E-state index is 11.6. The van der Waals surface area contributed by atoms with Gasteiger partial charge in [-0.3, -0.25) is 9.58 Å². The molecule has 1 aliphatic heterocycles. The zero-order valence-electron chi connectivity index (χ0n) is 13.2. The molecule has 0 aromatic carbocycles. The van der Waals surface area contributed by atoms with E-state index in [1.165, 1.54) is 11.3 Å². The molecular formula is C15H22N4O2S2. The molecule has 3 rings (SSSR count). The second kappa shape index (κ2) is 7.12. The Kier molecular flexibility index (Phi) is 5.15. The average Bonchev–Trinajstić information content (AvgIpc) is 3.18. The Balaban J connectivity index is 1.64. The molecule has 0 unspecified atom stereocenters. The fraction of sp³-hybridized carbons (Fsp3) is 0.533. The summed E-state index contributed by atoms with van der Waals surface area (Å²) in [6.07, 6.45) is 2.57. The van der Waals surface area contributed by atoms with Gasteiger partial charge in [0.1, 0.15) is 0 Å². The SMILES string of the molecule is CCS(=O)(=O)NCC[C@@H]1CN(Cc2ccsc2)Cc2ccnn21. The molecule has 1 N–H and O–H groups in total. The highest BCUT2D eigenvalue weighted by Gasteiger charge is 2.25. The third-order valence-corrected chi connectivity index (χ3v) is 6.25. The Bertz CT molecular complexity index is 725. The molecule has 0 saturated heterocycles. The third-order valence-electron chi connectivity index (χ3n) is 4.12. The molecule has 0 fully saturated rings. The lowest BCUT2D eigenvalue weighted by Crippen LogP contribution is -2.39. The van der Waals surface area contributed by atoms with E-state index in [4.69, 9.17) is 0 Å². The van der Waals surface area contributed by atoms with E-state index in [1.807, 2.05) is 16.9 Å². The number of hydrogen-bond acceptors (Lipinski definition) is 5. The summed E-state index contributed by atoms with van der Waals surface area (Å²) in [5.74, 6) is 0.120. The zero-order valence-corrected chi connectivity index (χ0v) is 14.8. The number of thiophene rings is 1. The second-order valence-electron chi connectivity index (χ2n) is 5.81. The lowest BCUT2D eigenvalue weighted by molar-refractivity contribution is 0.162. The number of fused-ring (bicyclic) bond motifs is 1. The zero-order chi connectivity index (χ0) is 16.3. The van der Waals surface area contributed by atoms with Gasteiger partial charge in [-0.1, -0.05) is 0 Å². The number of nitrogens with zero attached hydrogens (tertiary/aromatic N) is 3. The Morgan fingerprint density at radius 3 is 3.04 bits per heavy atom. The number of aromatic nitrogens is 2. The molecule has 3 heterocycles. The Labute approximate surface area is 141 Å². The van der Waals surface area contributed by atoms with Gasteiger partial charge >= 0.3 is 0 Å². The molecule has 0 radical (unpaired) electrons. The smallest absolute Gasteiger partial charge is 0.211 e. The molecule has 0 spiro atoms. The summed E-state index contributed by atoms with van der Waals surface area (Å²) in [5, 5.41) is 8.69. The first-order valence-corrected chi connectivity index (χ1v) is 10.4. The Morgan fingerprint density at radius 2 is 2.30 bits per heavy atom. The monoisotopic (exact) mass is 354 g/mol. The van der Waals surface area contributed by atoms with Crippen LogP contribution < -0.4 is 4.72 Å². The maximum atomic E-state index is 11.6. The van der Waals surface area contributed by atoms with Gasteiger partial charge in [0.15, 0.2) is 0 Å². The summed E-state index contributed by atoms with van der Waals surface area (Å²) < 4.78 is 27.8. The normalized spacial score (nSPS) is 18.9. The van der Waals surface area contributed by atoms with Crippen LogP contribution in [0.15, 0.2) is 29.1 Å². The minimum atomic E-state index is -3.13. The first kappa shape index (κ1) is 16.6. The van der Waals surface area contributed by atoms with Crippen molar-refractivity contribution in [3.63, 3.8) is 0 Å². The number of nitrogens with one attached hydrogen (secondary N) is 1. The van der Waals surface area contributed by atoms with Gasteiger partial charge in [-0.25, -0.2) is 13.1 Å². The van der Waals surface area contributed by atoms with E-state index in [-0.39, 0.29) is 11.8 Å². The van der Waals surface area contributed by atoms with Crippen molar-refractivity contribution in [1.29, 1.82) is 0 Å². The van der Waals surface area contributed by atoms with Gasteiger partial charge in [0.25, 0.3) is 0 Å². The topological polar surface area (TPSA) is 67.2 Å². The van der Waals surface area contributed by atoms with Crippen molar-refractivity contribution in [3.8, 4) is 0 Å². The van der Waals surface area contributed by atoms with Gasteiger partial charge in [0.05, 0.1) is 17.5 Å². The first-order chi connectivity index (χ1) is 11.1. The van der Waals surface area contributed by atoms with Crippen LogP contribution in [0, 0.1) is 0 Å². The van der Waals surface area contributed by atoms with Gasteiger partial charge in [-0.2, -0.15) is 16.4 Å². The van der Waals surface area contributed by atoms with Crippen LogP contribution in [0.4, 0.5) is 0 Å². The van der Waals surface area contributed by atoms with Crippen molar-refractivity contribution in [2.45, 2.75) is 32.5 Å². The number of rotatable bonds is 7. The van der Waals surface area contributed by atoms with Crippen LogP contribution in [0.5, 0.6) is 0 Å². The largest absolute Gasteiger partial charge is 0.291 e. The molecule has 0 amide bonds. The van der Waals surface area contributed by atoms with Crippen molar-refractivity contribution in [2.24, 2.45) is 0 Å². The van der Waals surface area contributed by atoms with E-state index in [1.54, 1.807) is 18.3 Å². The van der Waals surface area contributed by atoms with E-state index in [2.05, 4.69) is 31.5 Å². The molecule has 2 aromatic heterocycles. The molecule has 8 heteroatoms. The van der Waals surface area contributed by atoms with E-state index < -0.39 is 10.0 Å². The van der Waals surface area contributed by atoms with Crippen molar-refractivity contribution in [1.82, 2.24) is 19.4 Å². The molecule has 2 aromatic rings. The second-order valence-corrected chi connectivity index (χ2v) is 8.68. The highest BCUT2D eigenvalue weighted by atomic mass is 32.2. The van der Waals surface area contributed by atoms with Crippen LogP contribution in [0.25, 0.3) is 0 Å². The van der Waals surface area contributed by atoms with Crippen LogP contribution in [0.2, 0.25) is 0 Å². The fourth-order valence-electron chi connectivity index (χ4n) is 2.92. The third kappa shape index (κ3) is 4.20. The van der Waals surface area contributed by atoms with Gasteiger partial charge in [0.2, 0.25) is 10.0 Å². The number of sulfonamides is 1. The Hall–Kier alpha value is -1.22. The van der Waals surface area contributed by atoms with E-state index in [9.17, 15) is 8.42 Å². The first-order valence-electron chi connectivity index (χ1n) is 7.80. The fourth-order valence-corrected chi connectivity index (χ4v) is 4.22. The molecule has 1 aliphatic rings. The van der Waals surface area contributed by atoms with E-state index in [0.717, 1.165) is 26.1 Å². The van der Waals surface area contributed by atoms with Crippen molar-refractivity contribution < 1.29 is 8.42 Å². The van der Waals surface area contributed by atoms with E-state index >= 15 is 0 Å². The minimum Gasteiger partial charge on any atom is -0.291 e. The van der Waals surface area contributed by atoms with Gasteiger partial charge in [-0.05, 0) is 41.8 Å². The summed E-state index contributed by atoms with van der Waals surface area (Å²) in [4.78, 5) is 2.40. The molecule has 0 bridgehead atoms. The summed E-state index contributed by atoms with van der Waals surface area (Å²) in [5.41, 5.74) is 2.52. The van der Waals surface area contributed by atoms with E-state index in [0.29, 0.717) is 6.54 Å². The molecule has 0 saturated carbocycles. The van der Waals surface area contributed by atoms with Gasteiger partial charge < -0.3 is 0 Å². The minimum absolute atomic E-state index is 0.120. The molecule has 6 nitrogen and oxygen atoms in total. The summed E-state index contributed by atoms with van der Waals surface area (Å²) in [7, 11) is -3.13. The van der Waals surface area contributed by atoms with Gasteiger partial charge in [-0.15, -0.1) is 0 Å². The Morgan fingerprint density at radius 1 is 1.43 bits per heavy atom. The lowest BCUT2D eigenvalue weighted by atomic mass is 10.1. The van der Waals surface area contributed by atoms with Crippen molar-refractivity contribution >= 4 is 21.4 Å². The summed E-state index contributed by atoms with van der Waals surface area (Å²) in [6.45, 7) is 4.79. The predicted octanol–water partition coefficient (Wildman–Crippen LogP) is 1.83. The van der Waals surface area contributed by atoms with Crippen LogP contribution >= 0.6 is 11.3 Å². The van der Waals surface area contributed by atoms with Gasteiger partial charge in [0, 0.05) is 32.4 Å². The van der Waals surface area contributed by atoms with Crippen LogP contribution in [0.3, 0.4) is 0 Å². The quantitative estimate of drug-likeness (QED) is 0.824. The summed E-state index contributed by atoms with van der Waals surface area (Å²) >= 11 is 1.71. The van der Waals surface area contributed by atoms with Crippen LogP contribution in [-0.2, 0) is 23.1 Å². The van der Waals surface area contributed by atoms with Crippen LogP contribution in [-0.4, -0.2) is 41.9 Å². The molecule has 23 heavy (non-hydrogen) atoms. The standard InChI is InChI=1S/C15H22N4O2S2/c1-2-23(20,21)17-7-4-15-11-18(9-13-5-8-22-12-13)10-14-3-6-16-19(14)15/h3,5-6,8,12,15,17H,2,4,7,9-11H2,1H3/t15-/m1/s1. The van der Waals surface area contributed by atoms with Crippen molar-refractivity contribution in [2.75, 3.05) is 18.8 Å². The molecule has 1 atom stereocenters. The molecule has 126 valence electrons. The summed E-state index contributed by atoms with van der Waals surface area (Å²) in [6, 6.07) is 4.40. The molecule has 0 aliphatic carbocycles. The maximum Gasteiger partial charge on any atom is 0.211 e. The average molecular weight is 355 g/mol.